The number of carbonyl (C=O) groups excluding carboxylic acids is 1. The molecule has 1 saturated heterocycles. The summed E-state index contributed by atoms with van der Waals surface area (Å²) in [6.07, 6.45) is 2.40. The summed E-state index contributed by atoms with van der Waals surface area (Å²) >= 11 is 0. The molecule has 6 nitrogen and oxygen atoms in total. The lowest BCUT2D eigenvalue weighted by molar-refractivity contribution is -0.130. The highest BCUT2D eigenvalue weighted by atomic mass is 32.2. The van der Waals surface area contributed by atoms with Crippen molar-refractivity contribution >= 4 is 15.9 Å². The maximum Gasteiger partial charge on any atom is 0.243 e. The van der Waals surface area contributed by atoms with Gasteiger partial charge in [0.2, 0.25) is 15.9 Å². The van der Waals surface area contributed by atoms with Crippen LogP contribution in [0.2, 0.25) is 0 Å². The van der Waals surface area contributed by atoms with Gasteiger partial charge >= 0.3 is 0 Å². The first-order valence-corrected chi connectivity index (χ1v) is 8.66. The summed E-state index contributed by atoms with van der Waals surface area (Å²) in [5.41, 5.74) is -1.28. The van der Waals surface area contributed by atoms with Crippen molar-refractivity contribution in [1.29, 1.82) is 0 Å². The summed E-state index contributed by atoms with van der Waals surface area (Å²) in [6, 6.07) is 0. The number of hydrogen-bond acceptors (Lipinski definition) is 5. The van der Waals surface area contributed by atoms with Crippen molar-refractivity contribution in [1.82, 2.24) is 4.72 Å². The first-order chi connectivity index (χ1) is 9.60. The predicted octanol–water partition coefficient (Wildman–Crippen LogP) is 1.23. The monoisotopic (exact) mass is 319 g/mol. The second-order valence-electron chi connectivity index (χ2n) is 6.18. The van der Waals surface area contributed by atoms with E-state index in [0.717, 1.165) is 0 Å². The molecule has 0 unspecified atom stereocenters. The fourth-order valence-corrected chi connectivity index (χ4v) is 2.90. The Balaban J connectivity index is 2.61. The van der Waals surface area contributed by atoms with E-state index in [1.54, 1.807) is 0 Å². The van der Waals surface area contributed by atoms with Crippen molar-refractivity contribution in [3.63, 3.8) is 0 Å². The van der Waals surface area contributed by atoms with E-state index in [2.05, 4.69) is 11.3 Å². The molecule has 0 aliphatic carbocycles. The van der Waals surface area contributed by atoms with Gasteiger partial charge in [-0.1, -0.05) is 6.08 Å². The van der Waals surface area contributed by atoms with Crippen LogP contribution in [0.25, 0.3) is 0 Å². The van der Waals surface area contributed by atoms with E-state index in [1.165, 1.54) is 6.08 Å². The highest BCUT2D eigenvalue weighted by Crippen LogP contribution is 2.32. The van der Waals surface area contributed by atoms with E-state index in [4.69, 9.17) is 9.47 Å². The third-order valence-corrected chi connectivity index (χ3v) is 4.56. The number of sulfonamides is 1. The smallest absolute Gasteiger partial charge is 0.243 e. The van der Waals surface area contributed by atoms with Crippen molar-refractivity contribution in [2.24, 2.45) is 5.41 Å². The number of hydrogen-bond donors (Lipinski definition) is 1. The Morgan fingerprint density at radius 3 is 2.43 bits per heavy atom. The Labute approximate surface area is 126 Å². The quantitative estimate of drug-likeness (QED) is 0.745. The van der Waals surface area contributed by atoms with E-state index in [9.17, 15) is 13.2 Å². The summed E-state index contributed by atoms with van der Waals surface area (Å²) < 4.78 is 36.6. The minimum Gasteiger partial charge on any atom is -0.381 e. The normalized spacial score (nSPS) is 19.0. The zero-order chi connectivity index (χ0) is 16.1. The first kappa shape index (κ1) is 18.1. The molecule has 0 aromatic heterocycles. The van der Waals surface area contributed by atoms with E-state index < -0.39 is 26.9 Å². The molecule has 1 N–H and O–H groups in total. The maximum atomic E-state index is 12.3. The van der Waals surface area contributed by atoms with Gasteiger partial charge in [0.1, 0.15) is 0 Å². The summed E-state index contributed by atoms with van der Waals surface area (Å²) in [5, 5.41) is 0. The highest BCUT2D eigenvalue weighted by molar-refractivity contribution is 7.90. The van der Waals surface area contributed by atoms with Gasteiger partial charge in [-0.3, -0.25) is 9.52 Å². The average molecular weight is 319 g/mol. The molecule has 122 valence electrons. The van der Waals surface area contributed by atoms with Crippen LogP contribution in [0, 0.1) is 5.41 Å². The Bertz CT molecular complexity index is 472. The van der Waals surface area contributed by atoms with Gasteiger partial charge in [0.05, 0.1) is 23.4 Å². The van der Waals surface area contributed by atoms with E-state index in [1.807, 2.05) is 20.8 Å². The minimum atomic E-state index is -3.71. The van der Waals surface area contributed by atoms with Gasteiger partial charge in [-0.25, -0.2) is 8.42 Å². The van der Waals surface area contributed by atoms with Gasteiger partial charge in [-0.15, -0.1) is 6.58 Å². The fourth-order valence-electron chi connectivity index (χ4n) is 2.01. The third kappa shape index (κ3) is 5.76. The van der Waals surface area contributed by atoms with Crippen LogP contribution in [-0.4, -0.2) is 45.5 Å². The van der Waals surface area contributed by atoms with Gasteiger partial charge in [-0.2, -0.15) is 0 Å². The molecule has 21 heavy (non-hydrogen) atoms. The van der Waals surface area contributed by atoms with Gasteiger partial charge in [-0.05, 0) is 33.6 Å². The molecule has 0 aromatic carbocycles. The largest absolute Gasteiger partial charge is 0.381 e. The molecule has 0 aromatic rings. The van der Waals surface area contributed by atoms with Crippen LogP contribution in [0.5, 0.6) is 0 Å². The van der Waals surface area contributed by atoms with Crippen molar-refractivity contribution in [3.05, 3.63) is 12.7 Å². The van der Waals surface area contributed by atoms with Crippen molar-refractivity contribution in [2.75, 3.05) is 25.6 Å². The van der Waals surface area contributed by atoms with E-state index in [0.29, 0.717) is 26.1 Å². The van der Waals surface area contributed by atoms with Crippen LogP contribution in [-0.2, 0) is 24.3 Å². The van der Waals surface area contributed by atoms with Gasteiger partial charge in [0.25, 0.3) is 0 Å². The van der Waals surface area contributed by atoms with Crippen LogP contribution in [0.4, 0.5) is 0 Å². The van der Waals surface area contributed by atoms with Gasteiger partial charge in [0, 0.05) is 13.2 Å². The second kappa shape index (κ2) is 6.89. The molecule has 0 spiro atoms. The first-order valence-electron chi connectivity index (χ1n) is 7.00. The molecule has 0 saturated carbocycles. The summed E-state index contributed by atoms with van der Waals surface area (Å²) in [7, 11) is -3.71. The minimum absolute atomic E-state index is 0.0380. The number of nitrogens with one attached hydrogen (secondary N) is 1. The molecule has 0 bridgehead atoms. The van der Waals surface area contributed by atoms with Crippen LogP contribution in [0.3, 0.4) is 0 Å². The molecular weight excluding hydrogens is 294 g/mol. The molecule has 0 radical (unpaired) electrons. The standard InChI is InChI=1S/C14H25NO5S/c1-5-14(6-8-19-9-7-14)12(16)15-21(17,18)11-10-20-13(2,3)4/h5H,1,6-11H2,2-4H3,(H,15,16). The Morgan fingerprint density at radius 2 is 1.95 bits per heavy atom. The molecule has 0 atom stereocenters. The molecule has 1 aliphatic rings. The topological polar surface area (TPSA) is 81.7 Å². The highest BCUT2D eigenvalue weighted by Gasteiger charge is 2.38. The third-order valence-electron chi connectivity index (χ3n) is 3.36. The molecule has 1 heterocycles. The zero-order valence-electron chi connectivity index (χ0n) is 13.0. The number of carbonyl (C=O) groups is 1. The summed E-state index contributed by atoms with van der Waals surface area (Å²) in [6.45, 7) is 10.1. The van der Waals surface area contributed by atoms with Gasteiger partial charge < -0.3 is 9.47 Å². The molecule has 1 rings (SSSR count). The van der Waals surface area contributed by atoms with Crippen molar-refractivity contribution < 1.29 is 22.7 Å². The lowest BCUT2D eigenvalue weighted by Gasteiger charge is -2.32. The number of ether oxygens (including phenoxy) is 2. The Kier molecular flexibility index (Phi) is 5.95. The van der Waals surface area contributed by atoms with Crippen molar-refractivity contribution in [2.45, 2.75) is 39.2 Å². The van der Waals surface area contributed by atoms with E-state index in [-0.39, 0.29) is 12.4 Å². The van der Waals surface area contributed by atoms with Crippen LogP contribution < -0.4 is 4.72 Å². The lowest BCUT2D eigenvalue weighted by atomic mass is 9.80. The Morgan fingerprint density at radius 1 is 1.38 bits per heavy atom. The summed E-state index contributed by atoms with van der Waals surface area (Å²) in [4.78, 5) is 12.3. The van der Waals surface area contributed by atoms with Crippen LogP contribution in [0.1, 0.15) is 33.6 Å². The Hall–Kier alpha value is -0.920. The van der Waals surface area contributed by atoms with Gasteiger partial charge in [0.15, 0.2) is 0 Å². The number of rotatable bonds is 6. The number of amides is 1. The molecule has 1 fully saturated rings. The molecule has 1 amide bonds. The molecule has 7 heteroatoms. The van der Waals surface area contributed by atoms with E-state index >= 15 is 0 Å². The van der Waals surface area contributed by atoms with Crippen molar-refractivity contribution in [3.8, 4) is 0 Å². The predicted molar refractivity (Wildman–Crippen MR) is 80.3 cm³/mol. The molecule has 1 aliphatic heterocycles. The molecular formula is C14H25NO5S. The SMILES string of the molecule is C=CC1(C(=O)NS(=O)(=O)CCOC(C)(C)C)CCOCC1. The maximum absolute atomic E-state index is 12.3. The van der Waals surface area contributed by atoms with Crippen LogP contribution in [0.15, 0.2) is 12.7 Å². The second-order valence-corrected chi connectivity index (χ2v) is 8.03. The average Bonchev–Trinajstić information content (AvgIpc) is 2.37. The van der Waals surface area contributed by atoms with Crippen LogP contribution >= 0.6 is 0 Å². The summed E-state index contributed by atoms with van der Waals surface area (Å²) in [5.74, 6) is -0.781. The fraction of sp³-hybridized carbons (Fsp3) is 0.786. The zero-order valence-corrected chi connectivity index (χ0v) is 13.8. The lowest BCUT2D eigenvalue weighted by Crippen LogP contribution is -2.46.